The van der Waals surface area contributed by atoms with E-state index in [0.717, 1.165) is 0 Å². The third-order valence-electron chi connectivity index (χ3n) is 2.03. The van der Waals surface area contributed by atoms with Gasteiger partial charge in [-0.15, -0.1) is 0 Å². The predicted molar refractivity (Wildman–Crippen MR) is 53.0 cm³/mol. The van der Waals surface area contributed by atoms with Gasteiger partial charge < -0.3 is 15.9 Å². The number of aliphatic hydroxyl groups is 2. The molecule has 15 heavy (non-hydrogen) atoms. The molecule has 4 N–H and O–H groups in total. The first kappa shape index (κ1) is 11.6. The molecule has 1 rings (SSSR count). The van der Waals surface area contributed by atoms with Crippen molar-refractivity contribution in [1.82, 2.24) is 0 Å². The van der Waals surface area contributed by atoms with Crippen molar-refractivity contribution in [2.45, 2.75) is 12.6 Å². The summed E-state index contributed by atoms with van der Waals surface area (Å²) < 4.78 is 0. The molecule has 0 heterocycles. The van der Waals surface area contributed by atoms with Gasteiger partial charge in [-0.3, -0.25) is 10.1 Å². The van der Waals surface area contributed by atoms with Gasteiger partial charge in [0.25, 0.3) is 5.69 Å². The molecule has 1 aromatic carbocycles. The monoisotopic (exact) mass is 212 g/mol. The summed E-state index contributed by atoms with van der Waals surface area (Å²) in [5.41, 5.74) is 5.76. The molecule has 0 spiro atoms. The Morgan fingerprint density at radius 3 is 2.67 bits per heavy atom. The van der Waals surface area contributed by atoms with Crippen LogP contribution in [-0.4, -0.2) is 21.7 Å². The fourth-order valence-electron chi connectivity index (χ4n) is 1.27. The molecular weight excluding hydrogens is 200 g/mol. The Morgan fingerprint density at radius 2 is 2.20 bits per heavy atom. The van der Waals surface area contributed by atoms with E-state index in [1.807, 2.05) is 0 Å². The van der Waals surface area contributed by atoms with E-state index in [1.54, 1.807) is 0 Å². The van der Waals surface area contributed by atoms with E-state index < -0.39 is 11.2 Å². The van der Waals surface area contributed by atoms with Crippen LogP contribution in [0, 0.1) is 10.1 Å². The van der Waals surface area contributed by atoms with E-state index in [0.29, 0.717) is 5.56 Å². The first-order valence-electron chi connectivity index (χ1n) is 4.38. The molecule has 0 aromatic heterocycles. The zero-order valence-corrected chi connectivity index (χ0v) is 7.96. The molecule has 0 bridgehead atoms. The van der Waals surface area contributed by atoms with E-state index >= 15 is 0 Å². The number of hydrogen-bond donors (Lipinski definition) is 3. The van der Waals surface area contributed by atoms with Crippen molar-refractivity contribution in [1.29, 1.82) is 0 Å². The average molecular weight is 212 g/mol. The second kappa shape index (κ2) is 4.83. The van der Waals surface area contributed by atoms with E-state index in [9.17, 15) is 10.1 Å². The van der Waals surface area contributed by atoms with Gasteiger partial charge in [0.05, 0.1) is 4.92 Å². The standard InChI is InChI=1S/C9H12N2O4/c10-9(13)7-2-1-6(3-4-12)8(5-7)11(14)15/h1-2,5,9,12-13H,3-4,10H2. The number of benzene rings is 1. The maximum Gasteiger partial charge on any atom is 0.273 e. The summed E-state index contributed by atoms with van der Waals surface area (Å²) in [7, 11) is 0. The fourth-order valence-corrected chi connectivity index (χ4v) is 1.27. The van der Waals surface area contributed by atoms with Crippen molar-refractivity contribution in [3.05, 3.63) is 39.4 Å². The van der Waals surface area contributed by atoms with E-state index in [1.165, 1.54) is 18.2 Å². The van der Waals surface area contributed by atoms with Crippen LogP contribution in [0.5, 0.6) is 0 Å². The van der Waals surface area contributed by atoms with Gasteiger partial charge in [0, 0.05) is 30.2 Å². The normalized spacial score (nSPS) is 12.5. The Kier molecular flexibility index (Phi) is 3.73. The molecule has 0 aliphatic rings. The van der Waals surface area contributed by atoms with Crippen molar-refractivity contribution >= 4 is 5.69 Å². The second-order valence-corrected chi connectivity index (χ2v) is 3.06. The predicted octanol–water partition coefficient (Wildman–Crippen LogP) is 0.0792. The van der Waals surface area contributed by atoms with Crippen molar-refractivity contribution in [2.75, 3.05) is 6.61 Å². The Hall–Kier alpha value is -1.50. The van der Waals surface area contributed by atoms with Crippen molar-refractivity contribution in [3.8, 4) is 0 Å². The lowest BCUT2D eigenvalue weighted by molar-refractivity contribution is -0.385. The van der Waals surface area contributed by atoms with Gasteiger partial charge >= 0.3 is 0 Å². The molecule has 82 valence electrons. The highest BCUT2D eigenvalue weighted by Crippen LogP contribution is 2.22. The summed E-state index contributed by atoms with van der Waals surface area (Å²) in [6.45, 7) is -0.161. The average Bonchev–Trinajstić information content (AvgIpc) is 2.18. The van der Waals surface area contributed by atoms with Gasteiger partial charge in [0.2, 0.25) is 0 Å². The number of nitrogens with zero attached hydrogens (tertiary/aromatic N) is 1. The Morgan fingerprint density at radius 1 is 1.53 bits per heavy atom. The van der Waals surface area contributed by atoms with E-state index in [2.05, 4.69) is 0 Å². The molecule has 1 aromatic rings. The Balaban J connectivity index is 3.14. The quantitative estimate of drug-likeness (QED) is 0.372. The molecule has 6 heteroatoms. The topological polar surface area (TPSA) is 110 Å². The van der Waals surface area contributed by atoms with Crippen LogP contribution in [0.1, 0.15) is 17.4 Å². The highest BCUT2D eigenvalue weighted by atomic mass is 16.6. The molecule has 0 saturated heterocycles. The van der Waals surface area contributed by atoms with Crippen LogP contribution in [0.2, 0.25) is 0 Å². The first-order valence-corrected chi connectivity index (χ1v) is 4.38. The zero-order chi connectivity index (χ0) is 11.4. The molecule has 0 aliphatic carbocycles. The maximum absolute atomic E-state index is 10.7. The lowest BCUT2D eigenvalue weighted by atomic mass is 10.1. The molecule has 6 nitrogen and oxygen atoms in total. The largest absolute Gasteiger partial charge is 0.396 e. The third-order valence-corrected chi connectivity index (χ3v) is 2.03. The second-order valence-electron chi connectivity index (χ2n) is 3.06. The van der Waals surface area contributed by atoms with Gasteiger partial charge in [-0.05, 0) is 0 Å². The third kappa shape index (κ3) is 2.72. The molecule has 0 amide bonds. The minimum atomic E-state index is -1.23. The molecule has 0 radical (unpaired) electrons. The molecule has 1 unspecified atom stereocenters. The van der Waals surface area contributed by atoms with Crippen molar-refractivity contribution < 1.29 is 15.1 Å². The van der Waals surface area contributed by atoms with Crippen molar-refractivity contribution in [2.24, 2.45) is 5.73 Å². The lowest BCUT2D eigenvalue weighted by Gasteiger charge is -2.06. The van der Waals surface area contributed by atoms with Crippen molar-refractivity contribution in [3.63, 3.8) is 0 Å². The molecular formula is C9H12N2O4. The number of nitro groups is 1. The van der Waals surface area contributed by atoms with Crippen LogP contribution in [-0.2, 0) is 6.42 Å². The smallest absolute Gasteiger partial charge is 0.273 e. The Labute approximate surface area is 86.1 Å². The van der Waals surface area contributed by atoms with Crippen LogP contribution < -0.4 is 5.73 Å². The van der Waals surface area contributed by atoms with Gasteiger partial charge in [0.1, 0.15) is 6.23 Å². The minimum Gasteiger partial charge on any atom is -0.396 e. The zero-order valence-electron chi connectivity index (χ0n) is 7.96. The summed E-state index contributed by atoms with van der Waals surface area (Å²) in [5.74, 6) is 0. The Bertz CT molecular complexity index is 365. The number of hydrogen-bond acceptors (Lipinski definition) is 5. The van der Waals surface area contributed by atoms with E-state index in [-0.39, 0.29) is 24.3 Å². The van der Waals surface area contributed by atoms with Crippen LogP contribution in [0.4, 0.5) is 5.69 Å². The van der Waals surface area contributed by atoms with Crippen LogP contribution >= 0.6 is 0 Å². The molecule has 1 atom stereocenters. The summed E-state index contributed by atoms with van der Waals surface area (Å²) >= 11 is 0. The fraction of sp³-hybridized carbons (Fsp3) is 0.333. The van der Waals surface area contributed by atoms with Gasteiger partial charge in [0.15, 0.2) is 0 Å². The number of aliphatic hydroxyl groups excluding tert-OH is 2. The summed E-state index contributed by atoms with van der Waals surface area (Å²) in [6.07, 6.45) is -1.02. The number of rotatable bonds is 4. The van der Waals surface area contributed by atoms with Crippen LogP contribution in [0.15, 0.2) is 18.2 Å². The number of nitro benzene ring substituents is 1. The summed E-state index contributed by atoms with van der Waals surface area (Å²) in [6, 6.07) is 4.21. The first-order chi connectivity index (χ1) is 7.06. The van der Waals surface area contributed by atoms with Gasteiger partial charge in [-0.2, -0.15) is 0 Å². The van der Waals surface area contributed by atoms with Gasteiger partial charge in [-0.1, -0.05) is 12.1 Å². The van der Waals surface area contributed by atoms with Gasteiger partial charge in [-0.25, -0.2) is 0 Å². The summed E-state index contributed by atoms with van der Waals surface area (Å²) in [5, 5.41) is 28.4. The summed E-state index contributed by atoms with van der Waals surface area (Å²) in [4.78, 5) is 10.1. The van der Waals surface area contributed by atoms with E-state index in [4.69, 9.17) is 15.9 Å². The lowest BCUT2D eigenvalue weighted by Crippen LogP contribution is -2.09. The highest BCUT2D eigenvalue weighted by Gasteiger charge is 2.15. The molecule has 0 saturated carbocycles. The highest BCUT2D eigenvalue weighted by molar-refractivity contribution is 5.44. The number of nitrogens with two attached hydrogens (primary N) is 1. The molecule has 0 fully saturated rings. The van der Waals surface area contributed by atoms with Crippen LogP contribution in [0.3, 0.4) is 0 Å². The van der Waals surface area contributed by atoms with Crippen LogP contribution in [0.25, 0.3) is 0 Å². The minimum absolute atomic E-state index is 0.133. The maximum atomic E-state index is 10.7. The molecule has 0 aliphatic heterocycles. The SMILES string of the molecule is NC(O)c1ccc(CCO)c([N+](=O)[O-])c1.